The van der Waals surface area contributed by atoms with E-state index in [1.54, 1.807) is 13.8 Å². The van der Waals surface area contributed by atoms with Crippen molar-refractivity contribution in [2.45, 2.75) is 19.8 Å². The van der Waals surface area contributed by atoms with Crippen molar-refractivity contribution in [3.05, 3.63) is 27.2 Å². The molecule has 0 aromatic heterocycles. The summed E-state index contributed by atoms with van der Waals surface area (Å²) in [6.07, 6.45) is 0. The van der Waals surface area contributed by atoms with Crippen molar-refractivity contribution in [1.29, 1.82) is 0 Å². The predicted molar refractivity (Wildman–Crippen MR) is 54.9 cm³/mol. The summed E-state index contributed by atoms with van der Waals surface area (Å²) >= 11 is 11.1. The highest BCUT2D eigenvalue weighted by Crippen LogP contribution is 2.38. The lowest BCUT2D eigenvalue weighted by Gasteiger charge is -2.13. The van der Waals surface area contributed by atoms with Gasteiger partial charge in [-0.3, -0.25) is 0 Å². The van der Waals surface area contributed by atoms with Crippen molar-refractivity contribution in [2.75, 3.05) is 5.73 Å². The molecule has 0 heterocycles. The smallest absolute Gasteiger partial charge is 0.169 e. The molecule has 0 spiro atoms. The second kappa shape index (κ2) is 3.91. The van der Waals surface area contributed by atoms with E-state index in [9.17, 15) is 8.78 Å². The first-order valence-electron chi connectivity index (χ1n) is 3.99. The average molecular weight is 240 g/mol. The Bertz CT molecular complexity index is 349. The van der Waals surface area contributed by atoms with Crippen LogP contribution in [0.2, 0.25) is 10.0 Å². The molecule has 2 N–H and O–H groups in total. The maximum absolute atomic E-state index is 13.4. The molecule has 0 fully saturated rings. The Labute approximate surface area is 90.8 Å². The molecule has 1 aromatic carbocycles. The fourth-order valence-electron chi connectivity index (χ4n) is 1.18. The van der Waals surface area contributed by atoms with E-state index in [0.29, 0.717) is 0 Å². The van der Waals surface area contributed by atoms with Crippen molar-refractivity contribution >= 4 is 28.9 Å². The fraction of sp³-hybridized carbons (Fsp3) is 0.333. The average Bonchev–Trinajstić information content (AvgIpc) is 2.11. The first-order valence-corrected chi connectivity index (χ1v) is 4.74. The van der Waals surface area contributed by atoms with Crippen LogP contribution < -0.4 is 5.73 Å². The van der Waals surface area contributed by atoms with Crippen molar-refractivity contribution in [3.63, 3.8) is 0 Å². The van der Waals surface area contributed by atoms with Crippen LogP contribution in [0.1, 0.15) is 25.3 Å². The monoisotopic (exact) mass is 239 g/mol. The van der Waals surface area contributed by atoms with E-state index < -0.39 is 16.7 Å². The number of nitrogen functional groups attached to an aromatic ring is 1. The molecule has 1 rings (SSSR count). The molecular weight excluding hydrogens is 231 g/mol. The minimum Gasteiger partial charge on any atom is -0.395 e. The Balaban J connectivity index is 3.60. The first-order chi connectivity index (χ1) is 6.37. The number of nitrogens with two attached hydrogens (primary N) is 1. The van der Waals surface area contributed by atoms with E-state index in [-0.39, 0.29) is 22.2 Å². The molecule has 0 aliphatic heterocycles. The quantitative estimate of drug-likeness (QED) is 0.448. The minimum atomic E-state index is -1.00. The summed E-state index contributed by atoms with van der Waals surface area (Å²) in [5.41, 5.74) is 5.18. The van der Waals surface area contributed by atoms with Gasteiger partial charge in [-0.05, 0) is 5.92 Å². The molecule has 0 atom stereocenters. The van der Waals surface area contributed by atoms with Crippen LogP contribution in [0.15, 0.2) is 0 Å². The lowest BCUT2D eigenvalue weighted by Crippen LogP contribution is -2.03. The van der Waals surface area contributed by atoms with E-state index in [2.05, 4.69) is 0 Å². The van der Waals surface area contributed by atoms with Gasteiger partial charge in [0.2, 0.25) is 0 Å². The molecule has 0 saturated heterocycles. The molecule has 0 radical (unpaired) electrons. The van der Waals surface area contributed by atoms with Gasteiger partial charge in [0.05, 0.1) is 10.7 Å². The van der Waals surface area contributed by atoms with E-state index in [1.807, 2.05) is 0 Å². The van der Waals surface area contributed by atoms with Gasteiger partial charge in [-0.25, -0.2) is 8.78 Å². The van der Waals surface area contributed by atoms with Crippen molar-refractivity contribution < 1.29 is 8.78 Å². The molecule has 5 heteroatoms. The third kappa shape index (κ3) is 1.66. The van der Waals surface area contributed by atoms with Crippen molar-refractivity contribution in [2.24, 2.45) is 0 Å². The van der Waals surface area contributed by atoms with Crippen LogP contribution in [0.4, 0.5) is 14.5 Å². The molecule has 1 aromatic rings. The van der Waals surface area contributed by atoms with Gasteiger partial charge in [0.25, 0.3) is 0 Å². The first kappa shape index (κ1) is 11.5. The van der Waals surface area contributed by atoms with Gasteiger partial charge in [0, 0.05) is 5.56 Å². The maximum atomic E-state index is 13.4. The summed E-state index contributed by atoms with van der Waals surface area (Å²) in [4.78, 5) is 0. The topological polar surface area (TPSA) is 26.0 Å². The van der Waals surface area contributed by atoms with Gasteiger partial charge in [0.1, 0.15) is 10.8 Å². The Kier molecular flexibility index (Phi) is 3.22. The summed E-state index contributed by atoms with van der Waals surface area (Å²) in [7, 11) is 0. The number of hydrogen-bond donors (Lipinski definition) is 1. The molecule has 0 aliphatic rings. The van der Waals surface area contributed by atoms with Gasteiger partial charge in [-0.1, -0.05) is 37.0 Å². The van der Waals surface area contributed by atoms with Crippen LogP contribution in [0.3, 0.4) is 0 Å². The van der Waals surface area contributed by atoms with Crippen molar-refractivity contribution in [3.8, 4) is 0 Å². The zero-order valence-electron chi connectivity index (χ0n) is 7.67. The van der Waals surface area contributed by atoms with Crippen LogP contribution in [-0.2, 0) is 0 Å². The van der Waals surface area contributed by atoms with Gasteiger partial charge in [0.15, 0.2) is 5.82 Å². The molecule has 1 nitrogen and oxygen atoms in total. The molecule has 78 valence electrons. The second-order valence-corrected chi connectivity index (χ2v) is 3.99. The maximum Gasteiger partial charge on any atom is 0.169 e. The summed E-state index contributed by atoms with van der Waals surface area (Å²) in [6.45, 7) is 3.44. The summed E-state index contributed by atoms with van der Waals surface area (Å²) in [6, 6.07) is 0. The Morgan fingerprint density at radius 3 is 2.00 bits per heavy atom. The van der Waals surface area contributed by atoms with Gasteiger partial charge < -0.3 is 5.73 Å². The fourth-order valence-corrected chi connectivity index (χ4v) is 1.77. The standard InChI is InChI=1S/C9H9Cl2F2N/c1-3(2)4-5(10)9(14)8(13)6(11)7(4)12/h3H,14H2,1-2H3. The zero-order chi connectivity index (χ0) is 11.0. The number of anilines is 1. The number of rotatable bonds is 1. The summed E-state index contributed by atoms with van der Waals surface area (Å²) in [5, 5.41) is -0.699. The Morgan fingerprint density at radius 2 is 1.57 bits per heavy atom. The van der Waals surface area contributed by atoms with Crippen LogP contribution in [0, 0.1) is 11.6 Å². The number of benzene rings is 1. The van der Waals surface area contributed by atoms with Gasteiger partial charge in [-0.15, -0.1) is 0 Å². The van der Waals surface area contributed by atoms with Crippen LogP contribution >= 0.6 is 23.2 Å². The highest BCUT2D eigenvalue weighted by Gasteiger charge is 2.22. The minimum absolute atomic E-state index is 0.0978. The highest BCUT2D eigenvalue weighted by molar-refractivity contribution is 6.36. The van der Waals surface area contributed by atoms with E-state index in [4.69, 9.17) is 28.9 Å². The molecule has 0 saturated carbocycles. The van der Waals surface area contributed by atoms with E-state index >= 15 is 0 Å². The molecule has 0 unspecified atom stereocenters. The molecule has 14 heavy (non-hydrogen) atoms. The molecule has 0 bridgehead atoms. The normalized spacial score (nSPS) is 11.1. The van der Waals surface area contributed by atoms with Crippen LogP contribution in [0.5, 0.6) is 0 Å². The second-order valence-electron chi connectivity index (χ2n) is 3.24. The third-order valence-electron chi connectivity index (χ3n) is 1.91. The van der Waals surface area contributed by atoms with Gasteiger partial charge >= 0.3 is 0 Å². The lowest BCUT2D eigenvalue weighted by atomic mass is 10.0. The summed E-state index contributed by atoms with van der Waals surface area (Å²) < 4.78 is 26.6. The Morgan fingerprint density at radius 1 is 1.07 bits per heavy atom. The molecule has 0 aliphatic carbocycles. The third-order valence-corrected chi connectivity index (χ3v) is 2.65. The van der Waals surface area contributed by atoms with E-state index in [0.717, 1.165) is 0 Å². The summed E-state index contributed by atoms with van der Waals surface area (Å²) in [5.74, 6) is -2.04. The number of hydrogen-bond acceptors (Lipinski definition) is 1. The van der Waals surface area contributed by atoms with Crippen molar-refractivity contribution in [1.82, 2.24) is 0 Å². The largest absolute Gasteiger partial charge is 0.395 e. The number of halogens is 4. The molecule has 0 amide bonds. The van der Waals surface area contributed by atoms with Crippen LogP contribution in [-0.4, -0.2) is 0 Å². The molecular formula is C9H9Cl2F2N. The van der Waals surface area contributed by atoms with E-state index in [1.165, 1.54) is 0 Å². The highest BCUT2D eigenvalue weighted by atomic mass is 35.5. The zero-order valence-corrected chi connectivity index (χ0v) is 9.18. The van der Waals surface area contributed by atoms with Crippen LogP contribution in [0.25, 0.3) is 0 Å². The predicted octanol–water partition coefficient (Wildman–Crippen LogP) is 3.98. The lowest BCUT2D eigenvalue weighted by molar-refractivity contribution is 0.568. The Hall–Kier alpha value is -0.540. The van der Waals surface area contributed by atoms with Gasteiger partial charge in [-0.2, -0.15) is 0 Å². The SMILES string of the molecule is CC(C)c1c(F)c(Cl)c(F)c(N)c1Cl.